The van der Waals surface area contributed by atoms with Crippen molar-refractivity contribution in [2.24, 2.45) is 5.92 Å². The zero-order valence-electron chi connectivity index (χ0n) is 6.74. The highest BCUT2D eigenvalue weighted by atomic mass is 32.2. The Balaban J connectivity index is 3.81. The summed E-state index contributed by atoms with van der Waals surface area (Å²) in [6.45, 7) is 4.01. The van der Waals surface area contributed by atoms with Gasteiger partial charge in [0.25, 0.3) is 10.1 Å². The molecule has 3 nitrogen and oxygen atoms in total. The van der Waals surface area contributed by atoms with Crippen LogP contribution in [0.5, 0.6) is 0 Å². The topological polar surface area (TPSA) is 54.4 Å². The van der Waals surface area contributed by atoms with Crippen molar-refractivity contribution in [1.82, 2.24) is 0 Å². The lowest BCUT2D eigenvalue weighted by molar-refractivity contribution is 0.469. The summed E-state index contributed by atoms with van der Waals surface area (Å²) >= 11 is 0. The Morgan fingerprint density at radius 1 is 1.36 bits per heavy atom. The van der Waals surface area contributed by atoms with E-state index in [1.165, 1.54) is 0 Å². The van der Waals surface area contributed by atoms with Crippen LogP contribution in [0.1, 0.15) is 26.7 Å². The summed E-state index contributed by atoms with van der Waals surface area (Å²) < 4.78 is 29.4. The van der Waals surface area contributed by atoms with Gasteiger partial charge in [-0.1, -0.05) is 13.8 Å². The van der Waals surface area contributed by atoms with E-state index in [0.717, 1.165) is 6.42 Å². The number of hydrogen-bond donors (Lipinski definition) is 1. The summed E-state index contributed by atoms with van der Waals surface area (Å²) in [4.78, 5) is -0.815. The molecule has 65 valence electrons. The lowest BCUT2D eigenvalue weighted by atomic mass is 10.1. The van der Waals surface area contributed by atoms with Crippen molar-refractivity contribution in [2.45, 2.75) is 31.6 Å². The first-order valence-corrected chi connectivity index (χ1v) is 5.59. The first kappa shape index (κ1) is 11.1. The maximum atomic E-state index is 10.5. The van der Waals surface area contributed by atoms with Gasteiger partial charge < -0.3 is 0 Å². The van der Waals surface area contributed by atoms with Crippen molar-refractivity contribution in [1.29, 1.82) is 0 Å². The number of rotatable bonds is 4. The van der Waals surface area contributed by atoms with Gasteiger partial charge in [-0.15, -0.1) is 0 Å². The van der Waals surface area contributed by atoms with Gasteiger partial charge in [0.05, 0.1) is 15.1 Å². The highest BCUT2D eigenvalue weighted by Crippen LogP contribution is 2.09. The van der Waals surface area contributed by atoms with E-state index in [9.17, 15) is 8.42 Å². The Labute approximate surface area is 71.4 Å². The first-order chi connectivity index (χ1) is 4.84. The highest BCUT2D eigenvalue weighted by molar-refractivity contribution is 7.87. The van der Waals surface area contributed by atoms with Gasteiger partial charge in [-0.2, -0.15) is 8.42 Å². The second-order valence-electron chi connectivity index (χ2n) is 2.97. The molecule has 1 unspecified atom stereocenters. The molecule has 1 atom stereocenters. The van der Waals surface area contributed by atoms with Crippen molar-refractivity contribution in [2.75, 3.05) is 0 Å². The molecule has 0 amide bonds. The van der Waals surface area contributed by atoms with Crippen LogP contribution in [0.3, 0.4) is 0 Å². The minimum absolute atomic E-state index is 0.452. The Morgan fingerprint density at radius 2 is 1.82 bits per heavy atom. The van der Waals surface area contributed by atoms with Crippen LogP contribution < -0.4 is 0 Å². The van der Waals surface area contributed by atoms with Crippen LogP contribution in [-0.4, -0.2) is 28.1 Å². The smallest absolute Gasteiger partial charge is 0.264 e. The summed E-state index contributed by atoms with van der Waals surface area (Å²) in [6.07, 6.45) is 1.24. The molecule has 0 spiro atoms. The normalized spacial score (nSPS) is 15.4. The van der Waals surface area contributed by atoms with E-state index in [1.54, 1.807) is 0 Å². The molecule has 0 saturated carbocycles. The molecular formula is C6H13O3SSi. The average molecular weight is 193 g/mol. The molecule has 0 fully saturated rings. The van der Waals surface area contributed by atoms with Gasteiger partial charge >= 0.3 is 0 Å². The SMILES string of the molecule is CC(C)CCC([Si])S(=O)(=O)O. The molecule has 0 bridgehead atoms. The van der Waals surface area contributed by atoms with Crippen molar-refractivity contribution >= 4 is 20.4 Å². The molecule has 3 radical (unpaired) electrons. The number of hydrogen-bond acceptors (Lipinski definition) is 2. The van der Waals surface area contributed by atoms with Crippen LogP contribution in [-0.2, 0) is 10.1 Å². The van der Waals surface area contributed by atoms with E-state index in [0.29, 0.717) is 12.3 Å². The van der Waals surface area contributed by atoms with E-state index in [1.807, 2.05) is 13.8 Å². The van der Waals surface area contributed by atoms with Crippen LogP contribution in [0.25, 0.3) is 0 Å². The van der Waals surface area contributed by atoms with Crippen molar-refractivity contribution < 1.29 is 13.0 Å². The van der Waals surface area contributed by atoms with Gasteiger partial charge in [0, 0.05) is 0 Å². The zero-order chi connectivity index (χ0) is 9.07. The summed E-state index contributed by atoms with van der Waals surface area (Å²) in [7, 11) is -0.946. The molecule has 1 N–H and O–H groups in total. The summed E-state index contributed by atoms with van der Waals surface area (Å²) in [6, 6.07) is 0. The predicted molar refractivity (Wildman–Crippen MR) is 45.2 cm³/mol. The second kappa shape index (κ2) is 4.23. The summed E-state index contributed by atoms with van der Waals surface area (Å²) in [5, 5.41) is 0. The summed E-state index contributed by atoms with van der Waals surface area (Å²) in [5.41, 5.74) is 0. The highest BCUT2D eigenvalue weighted by Gasteiger charge is 2.16. The maximum Gasteiger partial charge on any atom is 0.264 e. The summed E-state index contributed by atoms with van der Waals surface area (Å²) in [5.74, 6) is 0.454. The van der Waals surface area contributed by atoms with Crippen LogP contribution in [0.2, 0.25) is 0 Å². The van der Waals surface area contributed by atoms with Gasteiger partial charge in [-0.25, -0.2) is 0 Å². The Bertz CT molecular complexity index is 198. The lowest BCUT2D eigenvalue weighted by Gasteiger charge is -2.08. The Kier molecular flexibility index (Phi) is 4.28. The van der Waals surface area contributed by atoms with Gasteiger partial charge in [0.15, 0.2) is 0 Å². The van der Waals surface area contributed by atoms with E-state index in [4.69, 9.17) is 4.55 Å². The third kappa shape index (κ3) is 5.40. The molecular weight excluding hydrogens is 180 g/mol. The van der Waals surface area contributed by atoms with Crippen LogP contribution >= 0.6 is 0 Å². The van der Waals surface area contributed by atoms with Gasteiger partial charge in [-0.3, -0.25) is 4.55 Å². The third-order valence-electron chi connectivity index (χ3n) is 1.37. The second-order valence-corrected chi connectivity index (χ2v) is 5.69. The zero-order valence-corrected chi connectivity index (χ0v) is 8.56. The fourth-order valence-electron chi connectivity index (χ4n) is 0.634. The molecule has 11 heavy (non-hydrogen) atoms. The molecule has 0 aromatic carbocycles. The van der Waals surface area contributed by atoms with Crippen molar-refractivity contribution in [3.05, 3.63) is 0 Å². The van der Waals surface area contributed by atoms with Crippen molar-refractivity contribution in [3.63, 3.8) is 0 Å². The lowest BCUT2D eigenvalue weighted by Crippen LogP contribution is -2.20. The van der Waals surface area contributed by atoms with E-state index in [2.05, 4.69) is 10.2 Å². The minimum Gasteiger partial charge on any atom is -0.286 e. The minimum atomic E-state index is -3.88. The van der Waals surface area contributed by atoms with Crippen molar-refractivity contribution in [3.8, 4) is 0 Å². The van der Waals surface area contributed by atoms with Crippen LogP contribution in [0.15, 0.2) is 0 Å². The molecule has 0 heterocycles. The average Bonchev–Trinajstić information content (AvgIpc) is 1.80. The monoisotopic (exact) mass is 193 g/mol. The van der Waals surface area contributed by atoms with Gasteiger partial charge in [0.2, 0.25) is 0 Å². The van der Waals surface area contributed by atoms with Gasteiger partial charge in [0.1, 0.15) is 0 Å². The first-order valence-electron chi connectivity index (χ1n) is 3.51. The Morgan fingerprint density at radius 3 is 2.09 bits per heavy atom. The molecule has 0 aliphatic heterocycles. The molecule has 0 aliphatic rings. The predicted octanol–water partition coefficient (Wildman–Crippen LogP) is 0.805. The molecule has 0 aromatic rings. The maximum absolute atomic E-state index is 10.5. The molecule has 0 aliphatic carbocycles. The van der Waals surface area contributed by atoms with Crippen LogP contribution in [0.4, 0.5) is 0 Å². The molecule has 5 heteroatoms. The molecule has 0 aromatic heterocycles. The Hall–Kier alpha value is 0.127. The standard InChI is InChI=1S/C6H13O3SSi/c1-5(2)3-4-6(11)10(7,8)9/h5-6H,3-4H2,1-2H3,(H,7,8,9). The van der Waals surface area contributed by atoms with E-state index >= 15 is 0 Å². The molecule has 0 rings (SSSR count). The third-order valence-corrected chi connectivity index (χ3v) is 3.50. The van der Waals surface area contributed by atoms with E-state index in [-0.39, 0.29) is 0 Å². The quantitative estimate of drug-likeness (QED) is 0.531. The van der Waals surface area contributed by atoms with Gasteiger partial charge in [-0.05, 0) is 18.8 Å². The fourth-order valence-corrected chi connectivity index (χ4v) is 1.23. The van der Waals surface area contributed by atoms with E-state index < -0.39 is 15.0 Å². The molecule has 0 saturated heterocycles. The fraction of sp³-hybridized carbons (Fsp3) is 1.00. The largest absolute Gasteiger partial charge is 0.286 e. The van der Waals surface area contributed by atoms with Crippen LogP contribution in [0, 0.1) is 5.92 Å².